The van der Waals surface area contributed by atoms with Crippen LogP contribution in [0.1, 0.15) is 45.4 Å². The molecule has 22 heterocycles. The molecule has 0 saturated carbocycles. The van der Waals surface area contributed by atoms with E-state index in [4.69, 9.17) is 61.6 Å². The maximum atomic E-state index is 11.9. The first-order valence-electron chi connectivity index (χ1n) is 25.1. The van der Waals surface area contributed by atoms with Gasteiger partial charge in [0, 0.05) is 6.61 Å². The summed E-state index contributed by atoms with van der Waals surface area (Å²) in [6.07, 6.45) is -51.6. The van der Waals surface area contributed by atoms with E-state index in [1.165, 1.54) is 0 Å². The van der Waals surface area contributed by atoms with Crippen LogP contribution in [0.5, 0.6) is 0 Å². The van der Waals surface area contributed by atoms with Gasteiger partial charge < -0.3 is 148 Å². The molecule has 22 fully saturated rings. The van der Waals surface area contributed by atoms with Gasteiger partial charge in [0.2, 0.25) is 0 Å². The Morgan fingerprint density at radius 1 is 0.270 bits per heavy atom. The third-order valence-corrected chi connectivity index (χ3v) is 14.5. The van der Waals surface area contributed by atoms with E-state index >= 15 is 0 Å². The molecule has 17 N–H and O–H groups in total. The summed E-state index contributed by atoms with van der Waals surface area (Å²) < 4.78 is 76.0. The molecular weight excluding hydrogens is 1010 g/mol. The first-order valence-corrected chi connectivity index (χ1v) is 25.1. The van der Waals surface area contributed by atoms with Gasteiger partial charge in [-0.05, 0) is 6.42 Å². The third kappa shape index (κ3) is 12.9. The highest BCUT2D eigenvalue weighted by atomic mass is 16.8. The Balaban J connectivity index is 1.20. The molecule has 74 heavy (non-hydrogen) atoms. The van der Waals surface area contributed by atoms with Crippen LogP contribution in [-0.4, -0.2) is 317 Å². The lowest BCUT2D eigenvalue weighted by molar-refractivity contribution is -0.404. The Kier molecular flexibility index (Phi) is 22.3. The van der Waals surface area contributed by atoms with E-state index in [-0.39, 0.29) is 6.61 Å². The second-order valence-electron chi connectivity index (χ2n) is 19.5. The molecule has 432 valence electrons. The first kappa shape index (κ1) is 60.4. The van der Waals surface area contributed by atoms with Crippen LogP contribution in [0.25, 0.3) is 0 Å². The summed E-state index contributed by atoms with van der Waals surface area (Å²) in [7, 11) is 0. The summed E-state index contributed by atoms with van der Waals surface area (Å²) >= 11 is 0. The van der Waals surface area contributed by atoms with Gasteiger partial charge >= 0.3 is 0 Å². The minimum Gasteiger partial charge on any atom is -0.394 e. The fourth-order valence-electron chi connectivity index (χ4n) is 10.2. The van der Waals surface area contributed by atoms with Crippen LogP contribution in [-0.2, 0) is 61.6 Å². The molecule has 22 rings (SSSR count). The summed E-state index contributed by atoms with van der Waals surface area (Å²) in [6, 6.07) is 0. The maximum absolute atomic E-state index is 11.9. The monoisotopic (exact) mass is 1080 g/mol. The smallest absolute Gasteiger partial charge is 0.187 e. The molecule has 0 aromatic rings. The quantitative estimate of drug-likeness (QED) is 0.0718. The Bertz CT molecular complexity index is 1650. The van der Waals surface area contributed by atoms with Crippen LogP contribution in [0, 0.1) is 0 Å². The van der Waals surface area contributed by atoms with Crippen LogP contribution in [0.2, 0.25) is 0 Å². The van der Waals surface area contributed by atoms with Crippen LogP contribution < -0.4 is 0 Å². The van der Waals surface area contributed by atoms with Crippen molar-refractivity contribution in [2.24, 2.45) is 0 Å². The van der Waals surface area contributed by atoms with Crippen LogP contribution in [0.3, 0.4) is 0 Å². The van der Waals surface area contributed by atoms with Crippen molar-refractivity contribution in [1.29, 1.82) is 0 Å². The van der Waals surface area contributed by atoms with Crippen LogP contribution >= 0.6 is 0 Å². The fourth-order valence-corrected chi connectivity index (χ4v) is 10.2. The molecule has 22 saturated heterocycles. The number of aliphatic hydroxyl groups excluding tert-OH is 17. The SMILES string of the molecule is CCCCCCCCO[C@@H]1[C@@H](O)[C@H]2O[C@H]3[C@H](O)[C@@H](O)[C@@H](O[C@H]4[C@H](O)[C@@H](O)[C@@H](O[C@H]5[C@H](O)[C@@H](O)[C@@H](O[C@H]6[C@H](O)[C@@H](O)[C@@H](O[C@H]7[C@H](O)[C@@H](O)[C@@H](O[C@H]1[C@@H](CO)O2)O[C@@H]7CO)O[C@@H]6CO)O[C@@H]5CO)O[C@@H]4CO)O[C@@H]3CO. The molecule has 30 atom stereocenters. The van der Waals surface area contributed by atoms with Crippen LogP contribution in [0.15, 0.2) is 0 Å². The predicted molar refractivity (Wildman–Crippen MR) is 233 cm³/mol. The van der Waals surface area contributed by atoms with Gasteiger partial charge in [0.15, 0.2) is 37.7 Å². The molecule has 30 heteroatoms. The highest BCUT2D eigenvalue weighted by molar-refractivity contribution is 5.01. The number of hydrogen-bond acceptors (Lipinski definition) is 30. The topological polar surface area (TPSA) is 464 Å². The van der Waals surface area contributed by atoms with E-state index in [9.17, 15) is 86.8 Å². The van der Waals surface area contributed by atoms with Gasteiger partial charge in [-0.1, -0.05) is 39.0 Å². The molecule has 0 aliphatic carbocycles. The van der Waals surface area contributed by atoms with Crippen molar-refractivity contribution >= 4 is 0 Å². The molecule has 12 bridgehead atoms. The maximum Gasteiger partial charge on any atom is 0.187 e. The zero-order valence-corrected chi connectivity index (χ0v) is 40.4. The lowest BCUT2D eigenvalue weighted by Crippen LogP contribution is -2.69. The highest BCUT2D eigenvalue weighted by Crippen LogP contribution is 2.38. The number of unbranched alkanes of at least 4 members (excludes halogenated alkanes) is 5. The normalized spacial score (nSPS) is 50.7. The standard InChI is InChI=1S/C44H76O30/c1-2-3-4-5-6-7-8-62-38-31(61)44-68-20(14-50)37(38)74-43-30(60)25(55)35(18(12-48)67-43)72-41-28(58)23(53)33(16(10-46)65-41)70-39-26(56)21(51)32(15(9-45)63-39)69-40-27(57)22(52)34(17(11-47)64-40)71-42-29(59)24(54)36(73-44)19(13-49)66-42/h15-61H,2-14H2,1H3/t15-,16-,17-,18-,19-,20-,21-,22-,23-,24-,25-,26-,27-,28-,29-,30-,31-,32-,33-,34-,35-,36-,37+,38-,39-,40-,41-,42-,43-,44-/m1/s1. The molecule has 0 unspecified atom stereocenters. The van der Waals surface area contributed by atoms with Crippen molar-refractivity contribution < 1.29 is 148 Å². The van der Waals surface area contributed by atoms with Crippen molar-refractivity contribution in [2.45, 2.75) is 230 Å². The van der Waals surface area contributed by atoms with Gasteiger partial charge in [0.05, 0.1) is 39.6 Å². The average Bonchev–Trinajstić information content (AvgIpc) is 3.39. The molecular formula is C44H76O30. The molecule has 0 radical (unpaired) electrons. The molecule has 22 aliphatic heterocycles. The van der Waals surface area contributed by atoms with Gasteiger partial charge in [-0.3, -0.25) is 0 Å². The first-order chi connectivity index (χ1) is 35.5. The number of rotatable bonds is 14. The molecule has 0 aromatic heterocycles. The Morgan fingerprint density at radius 3 is 0.770 bits per heavy atom. The summed E-state index contributed by atoms with van der Waals surface area (Å²) in [6.45, 7) is -3.74. The highest BCUT2D eigenvalue weighted by Gasteiger charge is 2.59. The Morgan fingerprint density at radius 2 is 0.500 bits per heavy atom. The van der Waals surface area contributed by atoms with Crippen molar-refractivity contribution in [3.63, 3.8) is 0 Å². The van der Waals surface area contributed by atoms with E-state index in [1.807, 2.05) is 0 Å². The second-order valence-corrected chi connectivity index (χ2v) is 19.5. The second kappa shape index (κ2) is 27.3. The largest absolute Gasteiger partial charge is 0.394 e. The van der Waals surface area contributed by atoms with E-state index < -0.39 is 224 Å². The third-order valence-electron chi connectivity index (χ3n) is 14.5. The summed E-state index contributed by atoms with van der Waals surface area (Å²) in [5, 5.41) is 188. The zero-order valence-electron chi connectivity index (χ0n) is 40.4. The van der Waals surface area contributed by atoms with E-state index in [0.717, 1.165) is 25.7 Å². The Hall–Kier alpha value is -1.20. The fraction of sp³-hybridized carbons (Fsp3) is 1.00. The van der Waals surface area contributed by atoms with Crippen molar-refractivity contribution in [3.8, 4) is 0 Å². The van der Waals surface area contributed by atoms with Crippen molar-refractivity contribution in [1.82, 2.24) is 0 Å². The summed E-state index contributed by atoms with van der Waals surface area (Å²) in [5.74, 6) is 0. The van der Waals surface area contributed by atoms with Gasteiger partial charge in [-0.15, -0.1) is 0 Å². The van der Waals surface area contributed by atoms with Crippen molar-refractivity contribution in [2.75, 3.05) is 46.2 Å². The molecule has 0 amide bonds. The molecule has 22 aliphatic rings. The van der Waals surface area contributed by atoms with Gasteiger partial charge in [-0.25, -0.2) is 0 Å². The van der Waals surface area contributed by atoms with E-state index in [0.29, 0.717) is 12.8 Å². The van der Waals surface area contributed by atoms with Crippen molar-refractivity contribution in [3.05, 3.63) is 0 Å². The van der Waals surface area contributed by atoms with Crippen LogP contribution in [0.4, 0.5) is 0 Å². The van der Waals surface area contributed by atoms with E-state index in [1.54, 1.807) is 0 Å². The number of hydrogen-bond donors (Lipinski definition) is 17. The summed E-state index contributed by atoms with van der Waals surface area (Å²) in [5.41, 5.74) is 0. The minimum atomic E-state index is -2.14. The van der Waals surface area contributed by atoms with Gasteiger partial charge in [-0.2, -0.15) is 0 Å². The average molecular weight is 1090 g/mol. The van der Waals surface area contributed by atoms with Gasteiger partial charge in [0.25, 0.3) is 0 Å². The molecule has 0 spiro atoms. The van der Waals surface area contributed by atoms with E-state index in [2.05, 4.69) is 6.92 Å². The lowest BCUT2D eigenvalue weighted by atomic mass is 9.94. The Labute approximate surface area is 423 Å². The number of ether oxygens (including phenoxy) is 13. The summed E-state index contributed by atoms with van der Waals surface area (Å²) in [4.78, 5) is 0. The zero-order chi connectivity index (χ0) is 53.7. The molecule has 30 nitrogen and oxygen atoms in total. The molecule has 0 aromatic carbocycles. The number of aliphatic hydroxyl groups is 17. The lowest BCUT2D eigenvalue weighted by Gasteiger charge is -2.51. The minimum absolute atomic E-state index is 0.0139. The predicted octanol–water partition coefficient (Wildman–Crippen LogP) is -9.67. The van der Waals surface area contributed by atoms with Gasteiger partial charge in [0.1, 0.15) is 146 Å².